The molecule has 1 aliphatic heterocycles. The third-order valence-electron chi connectivity index (χ3n) is 4.83. The van der Waals surface area contributed by atoms with Crippen LogP contribution in [0.2, 0.25) is 0 Å². The van der Waals surface area contributed by atoms with Crippen molar-refractivity contribution < 1.29 is 4.79 Å². The van der Waals surface area contributed by atoms with Gasteiger partial charge in [0.2, 0.25) is 0 Å². The molecular weight excluding hydrogens is 290 g/mol. The second-order valence-electron chi connectivity index (χ2n) is 6.58. The van der Waals surface area contributed by atoms with E-state index in [0.717, 1.165) is 42.9 Å². The minimum Gasteiger partial charge on any atom is -0.330 e. The van der Waals surface area contributed by atoms with Crippen molar-refractivity contribution in [2.45, 2.75) is 51.0 Å². The number of aromatic nitrogens is 4. The molecule has 3 heterocycles. The highest BCUT2D eigenvalue weighted by molar-refractivity contribution is 5.94. The lowest BCUT2D eigenvalue weighted by atomic mass is 9.97. The summed E-state index contributed by atoms with van der Waals surface area (Å²) in [5, 5.41) is 7.18. The van der Waals surface area contributed by atoms with Crippen LogP contribution in [0.4, 0.5) is 0 Å². The summed E-state index contributed by atoms with van der Waals surface area (Å²) >= 11 is 0. The van der Waals surface area contributed by atoms with Crippen molar-refractivity contribution in [1.29, 1.82) is 0 Å². The highest BCUT2D eigenvalue weighted by Crippen LogP contribution is 2.38. The first-order valence-corrected chi connectivity index (χ1v) is 8.37. The van der Waals surface area contributed by atoms with Crippen LogP contribution in [0.15, 0.2) is 18.6 Å². The maximum absolute atomic E-state index is 12.9. The van der Waals surface area contributed by atoms with Crippen molar-refractivity contribution in [2.75, 3.05) is 6.54 Å². The summed E-state index contributed by atoms with van der Waals surface area (Å²) in [5.41, 5.74) is 2.74. The number of amides is 1. The summed E-state index contributed by atoms with van der Waals surface area (Å²) < 4.78 is 0. The molecule has 2 aromatic heterocycles. The number of nitrogens with one attached hydrogen (secondary N) is 1. The van der Waals surface area contributed by atoms with Crippen LogP contribution in [-0.2, 0) is 0 Å². The first kappa shape index (κ1) is 14.4. The summed E-state index contributed by atoms with van der Waals surface area (Å²) in [6, 6.07) is 0.0712. The van der Waals surface area contributed by atoms with Gasteiger partial charge in [-0.25, -0.2) is 9.97 Å². The van der Waals surface area contributed by atoms with E-state index in [-0.39, 0.29) is 11.9 Å². The Morgan fingerprint density at radius 3 is 2.61 bits per heavy atom. The molecule has 0 aromatic carbocycles. The Balaban J connectivity index is 1.58. The van der Waals surface area contributed by atoms with E-state index in [4.69, 9.17) is 0 Å². The van der Waals surface area contributed by atoms with Crippen molar-refractivity contribution in [1.82, 2.24) is 25.1 Å². The zero-order chi connectivity index (χ0) is 15.8. The molecule has 6 heteroatoms. The lowest BCUT2D eigenvalue weighted by Gasteiger charge is -2.35. The van der Waals surface area contributed by atoms with Crippen molar-refractivity contribution in [3.63, 3.8) is 0 Å². The number of piperidine rings is 1. The molecule has 1 saturated heterocycles. The minimum absolute atomic E-state index is 0.0195. The predicted molar refractivity (Wildman–Crippen MR) is 85.0 cm³/mol. The van der Waals surface area contributed by atoms with Gasteiger partial charge in [0.25, 0.3) is 5.91 Å². The molecule has 2 aliphatic rings. The molecule has 4 rings (SSSR count). The van der Waals surface area contributed by atoms with Crippen molar-refractivity contribution >= 4 is 5.91 Å². The molecule has 1 N–H and O–H groups in total. The van der Waals surface area contributed by atoms with E-state index < -0.39 is 0 Å². The molecule has 1 aliphatic carbocycles. The first-order chi connectivity index (χ1) is 11.2. The molecule has 0 spiro atoms. The second kappa shape index (κ2) is 5.76. The number of nitrogens with zero attached hydrogens (tertiary/aromatic N) is 4. The number of aryl methyl sites for hydroxylation is 1. The molecule has 0 unspecified atom stereocenters. The average molecular weight is 311 g/mol. The van der Waals surface area contributed by atoms with E-state index in [1.54, 1.807) is 12.4 Å². The summed E-state index contributed by atoms with van der Waals surface area (Å²) in [6.45, 7) is 2.80. The Bertz CT molecular complexity index is 704. The van der Waals surface area contributed by atoms with Crippen LogP contribution in [-0.4, -0.2) is 37.5 Å². The molecule has 1 atom stereocenters. The Labute approximate surface area is 135 Å². The van der Waals surface area contributed by atoms with Gasteiger partial charge < -0.3 is 4.90 Å². The van der Waals surface area contributed by atoms with Crippen LogP contribution in [0.25, 0.3) is 0 Å². The van der Waals surface area contributed by atoms with Crippen molar-refractivity contribution in [2.24, 2.45) is 0 Å². The number of carbonyl (C=O) groups is 1. The summed E-state index contributed by atoms with van der Waals surface area (Å²) in [4.78, 5) is 23.6. The first-order valence-electron chi connectivity index (χ1n) is 8.37. The van der Waals surface area contributed by atoms with Crippen LogP contribution in [0.5, 0.6) is 0 Å². The van der Waals surface area contributed by atoms with Crippen LogP contribution < -0.4 is 0 Å². The predicted octanol–water partition coefficient (Wildman–Crippen LogP) is 2.75. The van der Waals surface area contributed by atoms with Gasteiger partial charge in [-0.3, -0.25) is 9.89 Å². The lowest BCUT2D eigenvalue weighted by molar-refractivity contribution is 0.0604. The Kier molecular flexibility index (Phi) is 3.59. The van der Waals surface area contributed by atoms with Crippen molar-refractivity contribution in [3.8, 4) is 0 Å². The van der Waals surface area contributed by atoms with Crippen LogP contribution >= 0.6 is 0 Å². The molecule has 23 heavy (non-hydrogen) atoms. The zero-order valence-electron chi connectivity index (χ0n) is 13.3. The molecule has 0 bridgehead atoms. The number of hydrogen-bond donors (Lipinski definition) is 1. The molecule has 1 saturated carbocycles. The number of hydrogen-bond acceptors (Lipinski definition) is 4. The SMILES string of the molecule is Cc1cn[nH]c1[C@@H]1CCCCN1C(=O)c1cnc(C2CC2)nc1. The van der Waals surface area contributed by atoms with E-state index >= 15 is 0 Å². The summed E-state index contributed by atoms with van der Waals surface area (Å²) in [5.74, 6) is 1.40. The molecule has 2 aromatic rings. The van der Waals surface area contributed by atoms with Gasteiger partial charge in [0.15, 0.2) is 0 Å². The Morgan fingerprint density at radius 1 is 1.17 bits per heavy atom. The highest BCUT2D eigenvalue weighted by atomic mass is 16.2. The summed E-state index contributed by atoms with van der Waals surface area (Å²) in [6.07, 6.45) is 10.7. The second-order valence-corrected chi connectivity index (χ2v) is 6.58. The molecule has 120 valence electrons. The van der Waals surface area contributed by atoms with Crippen molar-refractivity contribution in [3.05, 3.63) is 41.2 Å². The van der Waals surface area contributed by atoms with Gasteiger partial charge in [-0.1, -0.05) is 0 Å². The van der Waals surface area contributed by atoms with Crippen LogP contribution in [0.1, 0.15) is 71.5 Å². The number of H-pyrrole nitrogens is 1. The van der Waals surface area contributed by atoms with Gasteiger partial charge in [0, 0.05) is 24.9 Å². The fourth-order valence-electron chi connectivity index (χ4n) is 3.34. The molecule has 2 fully saturated rings. The van der Waals surface area contributed by atoms with Crippen LogP contribution in [0.3, 0.4) is 0 Å². The molecule has 6 nitrogen and oxygen atoms in total. The van der Waals surface area contributed by atoms with Gasteiger partial charge in [-0.05, 0) is 44.6 Å². The number of likely N-dealkylation sites (tertiary alicyclic amines) is 1. The highest BCUT2D eigenvalue weighted by Gasteiger charge is 2.31. The van der Waals surface area contributed by atoms with Crippen LogP contribution in [0, 0.1) is 6.92 Å². The molecule has 0 radical (unpaired) electrons. The Morgan fingerprint density at radius 2 is 1.96 bits per heavy atom. The molecule has 1 amide bonds. The Hall–Kier alpha value is -2.24. The largest absolute Gasteiger partial charge is 0.330 e. The topological polar surface area (TPSA) is 74.8 Å². The molecular formula is C17H21N5O. The van der Waals surface area contributed by atoms with E-state index in [0.29, 0.717) is 11.5 Å². The van der Waals surface area contributed by atoms with Gasteiger partial charge >= 0.3 is 0 Å². The zero-order valence-corrected chi connectivity index (χ0v) is 13.3. The van der Waals surface area contributed by atoms with Gasteiger partial charge in [0.05, 0.1) is 23.5 Å². The fraction of sp³-hybridized carbons (Fsp3) is 0.529. The number of aromatic amines is 1. The monoisotopic (exact) mass is 311 g/mol. The third-order valence-corrected chi connectivity index (χ3v) is 4.83. The van der Waals surface area contributed by atoms with E-state index in [1.807, 2.05) is 18.0 Å². The average Bonchev–Trinajstić information content (AvgIpc) is 3.36. The normalized spacial score (nSPS) is 21.4. The smallest absolute Gasteiger partial charge is 0.257 e. The van der Waals surface area contributed by atoms with Gasteiger partial charge in [-0.15, -0.1) is 0 Å². The lowest BCUT2D eigenvalue weighted by Crippen LogP contribution is -2.39. The van der Waals surface area contributed by atoms with Gasteiger partial charge in [0.1, 0.15) is 5.82 Å². The maximum Gasteiger partial charge on any atom is 0.257 e. The quantitative estimate of drug-likeness (QED) is 0.945. The third kappa shape index (κ3) is 2.73. The fourth-order valence-corrected chi connectivity index (χ4v) is 3.34. The van der Waals surface area contributed by atoms with E-state index in [2.05, 4.69) is 20.2 Å². The van der Waals surface area contributed by atoms with Gasteiger partial charge in [-0.2, -0.15) is 5.10 Å². The standard InChI is InChI=1S/C17H21N5O/c1-11-8-20-21-15(11)14-4-2-3-7-22(14)17(23)13-9-18-16(19-10-13)12-5-6-12/h8-10,12,14H,2-7H2,1H3,(H,20,21)/t14-/m0/s1. The van der Waals surface area contributed by atoms with E-state index in [1.165, 1.54) is 12.8 Å². The van der Waals surface area contributed by atoms with E-state index in [9.17, 15) is 4.79 Å². The number of rotatable bonds is 3. The maximum atomic E-state index is 12.9. The minimum atomic E-state index is 0.0195. The summed E-state index contributed by atoms with van der Waals surface area (Å²) in [7, 11) is 0. The number of carbonyl (C=O) groups excluding carboxylic acids is 1.